The summed E-state index contributed by atoms with van der Waals surface area (Å²) in [6, 6.07) is 10.0. The van der Waals surface area contributed by atoms with Gasteiger partial charge in [0, 0.05) is 23.8 Å². The van der Waals surface area contributed by atoms with Crippen LogP contribution in [0, 0.1) is 17.2 Å². The Balaban J connectivity index is 1.51. The fourth-order valence-corrected chi connectivity index (χ4v) is 5.24. The summed E-state index contributed by atoms with van der Waals surface area (Å²) in [6.45, 7) is 7.89. The van der Waals surface area contributed by atoms with Crippen LogP contribution in [-0.4, -0.2) is 41.5 Å². The van der Waals surface area contributed by atoms with Gasteiger partial charge >= 0.3 is 0 Å². The third-order valence-electron chi connectivity index (χ3n) is 5.93. The molecule has 0 spiro atoms. The van der Waals surface area contributed by atoms with Gasteiger partial charge in [-0.3, -0.25) is 4.98 Å². The zero-order chi connectivity index (χ0) is 23.3. The van der Waals surface area contributed by atoms with Gasteiger partial charge < -0.3 is 10.4 Å². The summed E-state index contributed by atoms with van der Waals surface area (Å²) in [4.78, 5) is 4.72. The maximum atomic E-state index is 10.3. The van der Waals surface area contributed by atoms with Crippen molar-refractivity contribution in [2.45, 2.75) is 51.7 Å². The lowest BCUT2D eigenvalue weighted by Gasteiger charge is -2.16. The molecule has 1 aliphatic carbocycles. The first-order valence-corrected chi connectivity index (χ1v) is 11.8. The fourth-order valence-electron chi connectivity index (χ4n) is 4.19. The summed E-state index contributed by atoms with van der Waals surface area (Å²) in [5.74, 6) is 0.491. The van der Waals surface area contributed by atoms with E-state index in [-0.39, 0.29) is 17.9 Å². The minimum Gasteiger partial charge on any atom is -0.390 e. The molecule has 1 fully saturated rings. The number of rotatable bonds is 6. The van der Waals surface area contributed by atoms with Gasteiger partial charge in [-0.05, 0) is 64.3 Å². The number of hydrogen-bond donors (Lipinski definition) is 2. The van der Waals surface area contributed by atoms with Crippen molar-refractivity contribution in [3.05, 3.63) is 47.2 Å². The molecule has 0 aromatic carbocycles. The first-order valence-electron chi connectivity index (χ1n) is 11.0. The Morgan fingerprint density at radius 3 is 2.76 bits per heavy atom. The van der Waals surface area contributed by atoms with Crippen LogP contribution in [0.1, 0.15) is 50.6 Å². The molecule has 168 valence electrons. The van der Waals surface area contributed by atoms with Crippen LogP contribution < -0.4 is 5.32 Å². The van der Waals surface area contributed by atoms with E-state index in [0.717, 1.165) is 44.6 Å². The van der Waals surface area contributed by atoms with Gasteiger partial charge in [0.25, 0.3) is 0 Å². The van der Waals surface area contributed by atoms with Gasteiger partial charge in [0.15, 0.2) is 5.01 Å². The largest absolute Gasteiger partial charge is 0.390 e. The van der Waals surface area contributed by atoms with Crippen LogP contribution in [0.4, 0.5) is 5.69 Å². The normalized spacial score (nSPS) is 18.0. The number of nitrogens with one attached hydrogen (secondary N) is 1. The maximum Gasteiger partial charge on any atom is 0.151 e. The summed E-state index contributed by atoms with van der Waals surface area (Å²) < 4.78 is 1.79. The van der Waals surface area contributed by atoms with Gasteiger partial charge in [-0.2, -0.15) is 10.4 Å². The summed E-state index contributed by atoms with van der Waals surface area (Å²) in [5.41, 5.74) is 4.10. The molecular weight excluding hydrogens is 434 g/mol. The van der Waals surface area contributed by atoms with Gasteiger partial charge in [0.1, 0.15) is 11.1 Å². The molecule has 1 saturated carbocycles. The predicted octanol–water partition coefficient (Wildman–Crippen LogP) is 4.48. The summed E-state index contributed by atoms with van der Waals surface area (Å²) in [5, 5.41) is 38.0. The Hall–Kier alpha value is -3.35. The molecule has 4 aromatic heterocycles. The number of hydrogen-bond acceptors (Lipinski definition) is 8. The number of aromatic nitrogens is 5. The summed E-state index contributed by atoms with van der Waals surface area (Å²) in [7, 11) is 0. The first-order chi connectivity index (χ1) is 15.7. The second kappa shape index (κ2) is 7.90. The van der Waals surface area contributed by atoms with Crippen molar-refractivity contribution in [3.63, 3.8) is 0 Å². The molecule has 1 aliphatic rings. The molecule has 0 radical (unpaired) electrons. The predicted molar refractivity (Wildman–Crippen MR) is 128 cm³/mol. The van der Waals surface area contributed by atoms with E-state index in [1.165, 1.54) is 0 Å². The Labute approximate surface area is 195 Å². The zero-order valence-electron chi connectivity index (χ0n) is 18.9. The third kappa shape index (κ3) is 4.08. The SMILES string of the molecule is CC(C)Nc1cc(-c2ccc3cc(C#N)cnn23)ncc1-c1nnc(C2CC2C(C)(C)O)s1. The number of fused-ring (bicyclic) bond motifs is 1. The standard InChI is InChI=1S/C24H25N7OS/c1-13(2)28-19-9-20(21-6-5-15-7-14(10-25)11-27-31(15)21)26-12-17(19)23-30-29-22(33-23)16-8-18(16)24(3,4)32/h5-7,9,11-13,16,18,32H,8H2,1-4H3,(H,26,28). The van der Waals surface area contributed by atoms with Gasteiger partial charge in [-0.1, -0.05) is 11.3 Å². The van der Waals surface area contributed by atoms with Crippen LogP contribution in [0.15, 0.2) is 36.7 Å². The topological polar surface area (TPSA) is 112 Å². The number of nitrogens with zero attached hydrogens (tertiary/aromatic N) is 6. The average Bonchev–Trinajstić information content (AvgIpc) is 3.26. The second-order valence-corrected chi connectivity index (χ2v) is 10.4. The molecule has 0 bridgehead atoms. The van der Waals surface area contributed by atoms with Crippen LogP contribution in [0.5, 0.6) is 0 Å². The molecule has 0 aliphatic heterocycles. The van der Waals surface area contributed by atoms with Crippen LogP contribution in [0.3, 0.4) is 0 Å². The van der Waals surface area contributed by atoms with Gasteiger partial charge in [-0.15, -0.1) is 10.2 Å². The monoisotopic (exact) mass is 459 g/mol. The first kappa shape index (κ1) is 21.5. The number of anilines is 1. The van der Waals surface area contributed by atoms with Crippen molar-refractivity contribution < 1.29 is 5.11 Å². The van der Waals surface area contributed by atoms with Crippen LogP contribution >= 0.6 is 11.3 Å². The molecule has 5 rings (SSSR count). The lowest BCUT2D eigenvalue weighted by molar-refractivity contribution is 0.0546. The van der Waals surface area contributed by atoms with E-state index in [2.05, 4.69) is 40.5 Å². The Bertz CT molecular complexity index is 1380. The number of aliphatic hydroxyl groups is 1. The Morgan fingerprint density at radius 1 is 1.24 bits per heavy atom. The summed E-state index contributed by atoms with van der Waals surface area (Å²) in [6.07, 6.45) is 4.32. The average molecular weight is 460 g/mol. The van der Waals surface area contributed by atoms with E-state index >= 15 is 0 Å². The quantitative estimate of drug-likeness (QED) is 0.437. The van der Waals surface area contributed by atoms with Gasteiger partial charge in [0.05, 0.1) is 39.8 Å². The van der Waals surface area contributed by atoms with E-state index in [4.69, 9.17) is 10.2 Å². The molecular formula is C24H25N7OS. The van der Waals surface area contributed by atoms with E-state index < -0.39 is 5.60 Å². The van der Waals surface area contributed by atoms with Crippen molar-refractivity contribution in [1.29, 1.82) is 5.26 Å². The zero-order valence-corrected chi connectivity index (χ0v) is 19.8. The van der Waals surface area contributed by atoms with Crippen molar-refractivity contribution >= 4 is 22.5 Å². The molecule has 0 saturated heterocycles. The highest BCUT2D eigenvalue weighted by Gasteiger charge is 2.49. The molecule has 2 atom stereocenters. The van der Waals surface area contributed by atoms with Crippen LogP contribution in [-0.2, 0) is 0 Å². The van der Waals surface area contributed by atoms with Crippen LogP contribution in [0.25, 0.3) is 27.5 Å². The highest BCUT2D eigenvalue weighted by Crippen LogP contribution is 2.54. The van der Waals surface area contributed by atoms with E-state index in [9.17, 15) is 5.11 Å². The smallest absolute Gasteiger partial charge is 0.151 e. The van der Waals surface area contributed by atoms with Crippen molar-refractivity contribution in [2.24, 2.45) is 5.92 Å². The highest BCUT2D eigenvalue weighted by atomic mass is 32.1. The molecule has 33 heavy (non-hydrogen) atoms. The van der Waals surface area contributed by atoms with E-state index in [1.54, 1.807) is 28.1 Å². The minimum absolute atomic E-state index is 0.217. The third-order valence-corrected chi connectivity index (χ3v) is 7.01. The number of nitriles is 1. The van der Waals surface area contributed by atoms with Gasteiger partial charge in [-0.25, -0.2) is 4.52 Å². The molecule has 0 amide bonds. The van der Waals surface area contributed by atoms with Gasteiger partial charge in [0.2, 0.25) is 0 Å². The van der Waals surface area contributed by atoms with E-state index in [1.807, 2.05) is 38.2 Å². The van der Waals surface area contributed by atoms with Crippen molar-refractivity contribution in [3.8, 4) is 28.0 Å². The molecule has 4 aromatic rings. The summed E-state index contributed by atoms with van der Waals surface area (Å²) >= 11 is 1.57. The highest BCUT2D eigenvalue weighted by molar-refractivity contribution is 7.14. The Morgan fingerprint density at radius 2 is 2.06 bits per heavy atom. The number of pyridine rings is 1. The van der Waals surface area contributed by atoms with Crippen molar-refractivity contribution in [1.82, 2.24) is 24.8 Å². The molecule has 8 nitrogen and oxygen atoms in total. The molecule has 9 heteroatoms. The maximum absolute atomic E-state index is 10.3. The lowest BCUT2D eigenvalue weighted by atomic mass is 10.0. The van der Waals surface area contributed by atoms with Crippen molar-refractivity contribution in [2.75, 3.05) is 5.32 Å². The molecule has 2 unspecified atom stereocenters. The molecule has 2 N–H and O–H groups in total. The fraction of sp³-hybridized carbons (Fsp3) is 0.375. The Kier molecular flexibility index (Phi) is 5.15. The lowest BCUT2D eigenvalue weighted by Crippen LogP contribution is -2.22. The van der Waals surface area contributed by atoms with Crippen LogP contribution in [0.2, 0.25) is 0 Å². The minimum atomic E-state index is -0.702. The van der Waals surface area contributed by atoms with E-state index in [0.29, 0.717) is 5.56 Å². The molecule has 4 heterocycles. The second-order valence-electron chi connectivity index (χ2n) is 9.37.